The van der Waals surface area contributed by atoms with E-state index in [2.05, 4.69) is 13.0 Å². The molecule has 1 atom stereocenters. The Labute approximate surface area is 69.5 Å². The van der Waals surface area contributed by atoms with Crippen LogP contribution in [0.4, 0.5) is 0 Å². The van der Waals surface area contributed by atoms with Crippen LogP contribution in [0.3, 0.4) is 0 Å². The average molecular weight is 154 g/mol. The van der Waals surface area contributed by atoms with Gasteiger partial charge in [0.05, 0.1) is 0 Å². The van der Waals surface area contributed by atoms with Crippen molar-refractivity contribution in [3.05, 3.63) is 11.6 Å². The minimum atomic E-state index is 0.125. The van der Waals surface area contributed by atoms with Crippen LogP contribution >= 0.6 is 0 Å². The Balaban J connectivity index is 4.15. The van der Waals surface area contributed by atoms with Crippen molar-refractivity contribution in [3.8, 4) is 0 Å². The van der Waals surface area contributed by atoms with Gasteiger partial charge in [-0.1, -0.05) is 31.9 Å². The number of carbonyl (C=O) groups excluding carboxylic acids is 1. The lowest BCUT2D eigenvalue weighted by molar-refractivity contribution is -0.119. The summed E-state index contributed by atoms with van der Waals surface area (Å²) in [6.45, 7) is 7.78. The highest BCUT2D eigenvalue weighted by molar-refractivity contribution is 5.80. The maximum Gasteiger partial charge on any atom is 0.136 e. The summed E-state index contributed by atoms with van der Waals surface area (Å²) in [5, 5.41) is 0. The summed E-state index contributed by atoms with van der Waals surface area (Å²) >= 11 is 0. The molecule has 0 amide bonds. The SMILES string of the molecule is C/C=C(/CCC)C(C)C(C)=O. The van der Waals surface area contributed by atoms with Crippen LogP contribution < -0.4 is 0 Å². The van der Waals surface area contributed by atoms with Gasteiger partial charge in [-0.3, -0.25) is 4.79 Å². The first kappa shape index (κ1) is 10.4. The second-order valence-electron chi connectivity index (χ2n) is 2.95. The summed E-state index contributed by atoms with van der Waals surface area (Å²) in [4.78, 5) is 11.0. The van der Waals surface area contributed by atoms with Crippen LogP contribution in [0.5, 0.6) is 0 Å². The van der Waals surface area contributed by atoms with Crippen molar-refractivity contribution in [2.75, 3.05) is 0 Å². The molecule has 0 saturated heterocycles. The highest BCUT2D eigenvalue weighted by Crippen LogP contribution is 2.16. The van der Waals surface area contributed by atoms with Gasteiger partial charge in [-0.15, -0.1) is 0 Å². The molecule has 0 aromatic heterocycles. The van der Waals surface area contributed by atoms with Gasteiger partial charge in [0.25, 0.3) is 0 Å². The van der Waals surface area contributed by atoms with Crippen molar-refractivity contribution in [2.45, 2.75) is 40.5 Å². The van der Waals surface area contributed by atoms with Crippen LogP contribution in [0.15, 0.2) is 11.6 Å². The number of Topliss-reactive ketones (excluding diaryl/α,β-unsaturated/α-hetero) is 1. The Kier molecular flexibility index (Phi) is 4.84. The normalized spacial score (nSPS) is 14.7. The third kappa shape index (κ3) is 3.35. The van der Waals surface area contributed by atoms with Gasteiger partial charge in [-0.05, 0) is 20.3 Å². The van der Waals surface area contributed by atoms with Crippen LogP contribution in [-0.2, 0) is 4.79 Å². The molecule has 0 N–H and O–H groups in total. The number of carbonyl (C=O) groups is 1. The van der Waals surface area contributed by atoms with Gasteiger partial charge in [-0.2, -0.15) is 0 Å². The summed E-state index contributed by atoms with van der Waals surface area (Å²) < 4.78 is 0. The first-order valence-corrected chi connectivity index (χ1v) is 4.29. The summed E-state index contributed by atoms with van der Waals surface area (Å²) in [6.07, 6.45) is 4.24. The lowest BCUT2D eigenvalue weighted by Crippen LogP contribution is -2.09. The van der Waals surface area contributed by atoms with Crippen molar-refractivity contribution in [1.82, 2.24) is 0 Å². The van der Waals surface area contributed by atoms with Gasteiger partial charge in [0.15, 0.2) is 0 Å². The molecule has 64 valence electrons. The maximum atomic E-state index is 11.0. The molecule has 0 aromatic carbocycles. The van der Waals surface area contributed by atoms with Gasteiger partial charge in [0, 0.05) is 5.92 Å². The van der Waals surface area contributed by atoms with Crippen molar-refractivity contribution >= 4 is 5.78 Å². The maximum absolute atomic E-state index is 11.0. The topological polar surface area (TPSA) is 17.1 Å². The van der Waals surface area contributed by atoms with E-state index in [4.69, 9.17) is 0 Å². The zero-order valence-electron chi connectivity index (χ0n) is 7.98. The first-order chi connectivity index (χ1) is 5.13. The Morgan fingerprint density at radius 2 is 2.09 bits per heavy atom. The third-order valence-corrected chi connectivity index (χ3v) is 2.08. The van der Waals surface area contributed by atoms with Crippen LogP contribution in [0.2, 0.25) is 0 Å². The molecule has 0 fully saturated rings. The van der Waals surface area contributed by atoms with Gasteiger partial charge in [0.2, 0.25) is 0 Å². The first-order valence-electron chi connectivity index (χ1n) is 4.29. The summed E-state index contributed by atoms with van der Waals surface area (Å²) in [7, 11) is 0. The number of rotatable bonds is 4. The van der Waals surface area contributed by atoms with Crippen molar-refractivity contribution in [2.24, 2.45) is 5.92 Å². The monoisotopic (exact) mass is 154 g/mol. The number of allylic oxidation sites excluding steroid dienone is 2. The minimum Gasteiger partial charge on any atom is -0.299 e. The Bertz CT molecular complexity index is 156. The molecule has 0 aliphatic rings. The van der Waals surface area contributed by atoms with Crippen LogP contribution in [0, 0.1) is 5.92 Å². The van der Waals surface area contributed by atoms with Gasteiger partial charge in [-0.25, -0.2) is 0 Å². The lowest BCUT2D eigenvalue weighted by atomic mass is 9.94. The zero-order chi connectivity index (χ0) is 8.85. The van der Waals surface area contributed by atoms with Gasteiger partial charge in [0.1, 0.15) is 5.78 Å². The quantitative estimate of drug-likeness (QED) is 0.569. The molecule has 0 aliphatic heterocycles. The third-order valence-electron chi connectivity index (χ3n) is 2.08. The van der Waals surface area contributed by atoms with E-state index < -0.39 is 0 Å². The molecule has 0 heterocycles. The minimum absolute atomic E-state index is 0.125. The molecule has 0 bridgehead atoms. The molecule has 0 aliphatic carbocycles. The van der Waals surface area contributed by atoms with Gasteiger partial charge >= 0.3 is 0 Å². The fraction of sp³-hybridized carbons (Fsp3) is 0.700. The molecule has 0 spiro atoms. The van der Waals surface area contributed by atoms with Crippen molar-refractivity contribution in [3.63, 3.8) is 0 Å². The second-order valence-corrected chi connectivity index (χ2v) is 2.95. The van der Waals surface area contributed by atoms with E-state index in [1.54, 1.807) is 6.92 Å². The average Bonchev–Trinajstić information content (AvgIpc) is 1.98. The predicted molar refractivity (Wildman–Crippen MR) is 48.5 cm³/mol. The smallest absolute Gasteiger partial charge is 0.136 e. The Morgan fingerprint density at radius 1 is 1.55 bits per heavy atom. The van der Waals surface area contributed by atoms with E-state index in [1.807, 2.05) is 13.8 Å². The number of ketones is 1. The standard InChI is InChI=1S/C10H18O/c1-5-7-10(6-2)8(3)9(4)11/h6,8H,5,7H2,1-4H3/b10-6-. The fourth-order valence-corrected chi connectivity index (χ4v) is 1.16. The highest BCUT2D eigenvalue weighted by Gasteiger charge is 2.10. The van der Waals surface area contributed by atoms with E-state index in [0.717, 1.165) is 12.8 Å². The van der Waals surface area contributed by atoms with Crippen LogP contribution in [0.1, 0.15) is 40.5 Å². The molecular weight excluding hydrogens is 136 g/mol. The van der Waals surface area contributed by atoms with E-state index >= 15 is 0 Å². The Morgan fingerprint density at radius 3 is 2.36 bits per heavy atom. The summed E-state index contributed by atoms with van der Waals surface area (Å²) in [5.74, 6) is 0.395. The highest BCUT2D eigenvalue weighted by atomic mass is 16.1. The molecule has 0 aromatic rings. The molecule has 0 radical (unpaired) electrons. The van der Waals surface area contributed by atoms with E-state index in [-0.39, 0.29) is 11.7 Å². The molecule has 1 heteroatoms. The molecule has 1 unspecified atom stereocenters. The molecule has 0 saturated carbocycles. The summed E-state index contributed by atoms with van der Waals surface area (Å²) in [5.41, 5.74) is 1.28. The van der Waals surface area contributed by atoms with Crippen molar-refractivity contribution < 1.29 is 4.79 Å². The molecular formula is C10H18O. The fourth-order valence-electron chi connectivity index (χ4n) is 1.16. The Hall–Kier alpha value is -0.590. The molecule has 0 rings (SSSR count). The van der Waals surface area contributed by atoms with E-state index in [9.17, 15) is 4.79 Å². The predicted octanol–water partition coefficient (Wildman–Crippen LogP) is 2.96. The van der Waals surface area contributed by atoms with Crippen molar-refractivity contribution in [1.29, 1.82) is 0 Å². The lowest BCUT2D eigenvalue weighted by Gasteiger charge is -2.10. The number of hydrogen-bond donors (Lipinski definition) is 0. The van der Waals surface area contributed by atoms with E-state index in [1.165, 1.54) is 5.57 Å². The second kappa shape index (κ2) is 5.11. The number of hydrogen-bond acceptors (Lipinski definition) is 1. The van der Waals surface area contributed by atoms with Gasteiger partial charge < -0.3 is 0 Å². The van der Waals surface area contributed by atoms with Crippen LogP contribution in [0.25, 0.3) is 0 Å². The molecule has 1 nitrogen and oxygen atoms in total. The zero-order valence-corrected chi connectivity index (χ0v) is 7.98. The molecule has 11 heavy (non-hydrogen) atoms. The van der Waals surface area contributed by atoms with Crippen LogP contribution in [-0.4, -0.2) is 5.78 Å². The summed E-state index contributed by atoms with van der Waals surface area (Å²) in [6, 6.07) is 0. The largest absolute Gasteiger partial charge is 0.299 e. The van der Waals surface area contributed by atoms with E-state index in [0.29, 0.717) is 0 Å².